The third kappa shape index (κ3) is 6.07. The zero-order valence-corrected chi connectivity index (χ0v) is 18.6. The number of ketones is 2. The monoisotopic (exact) mass is 418 g/mol. The number of hydrogen-bond donors (Lipinski definition) is 0. The van der Waals surface area contributed by atoms with Crippen molar-refractivity contribution in [1.29, 1.82) is 0 Å². The molecule has 2 nitrogen and oxygen atoms in total. The van der Waals surface area contributed by atoms with Gasteiger partial charge in [0.05, 0.1) is 0 Å². The highest BCUT2D eigenvalue weighted by molar-refractivity contribution is 6.11. The zero-order valence-electron chi connectivity index (χ0n) is 18.6. The average molecular weight is 419 g/mol. The summed E-state index contributed by atoms with van der Waals surface area (Å²) in [5.41, 5.74) is 4.10. The summed E-state index contributed by atoms with van der Waals surface area (Å²) in [5.74, 6) is 12.2. The Hall–Kier alpha value is -3.88. The summed E-state index contributed by atoms with van der Waals surface area (Å²) in [4.78, 5) is 25.6. The molecule has 158 valence electrons. The summed E-state index contributed by atoms with van der Waals surface area (Å²) >= 11 is 0. The third-order valence-corrected chi connectivity index (χ3v) is 4.92. The normalized spacial score (nSPS) is 9.81. The van der Waals surface area contributed by atoms with Gasteiger partial charge < -0.3 is 0 Å². The van der Waals surface area contributed by atoms with E-state index in [2.05, 4.69) is 37.5 Å². The Bertz CT molecular complexity index is 1090. The molecular formula is C30H26O2. The van der Waals surface area contributed by atoms with Gasteiger partial charge in [-0.05, 0) is 61.4 Å². The molecular weight excluding hydrogens is 392 g/mol. The van der Waals surface area contributed by atoms with E-state index in [1.54, 1.807) is 48.5 Å². The van der Waals surface area contributed by atoms with Crippen molar-refractivity contribution in [1.82, 2.24) is 0 Å². The van der Waals surface area contributed by atoms with Crippen molar-refractivity contribution in [2.75, 3.05) is 0 Å². The Balaban J connectivity index is 1.69. The number of carbonyl (C=O) groups is 2. The summed E-state index contributed by atoms with van der Waals surface area (Å²) in [6.07, 6.45) is 3.79. The van der Waals surface area contributed by atoms with Crippen LogP contribution in [0, 0.1) is 23.7 Å². The van der Waals surface area contributed by atoms with E-state index in [4.69, 9.17) is 0 Å². The maximum atomic E-state index is 12.8. The molecule has 0 aliphatic heterocycles. The summed E-state index contributed by atoms with van der Waals surface area (Å²) in [6.45, 7) is 4.19. The van der Waals surface area contributed by atoms with Gasteiger partial charge in [0, 0.05) is 46.2 Å². The summed E-state index contributed by atoms with van der Waals surface area (Å²) in [5, 5.41) is 0. The quantitative estimate of drug-likeness (QED) is 0.340. The minimum Gasteiger partial charge on any atom is -0.289 e. The smallest absolute Gasteiger partial charge is 0.193 e. The molecule has 3 aromatic carbocycles. The summed E-state index contributed by atoms with van der Waals surface area (Å²) in [6, 6.07) is 21.5. The second-order valence-electron chi connectivity index (χ2n) is 7.49. The molecule has 0 heterocycles. The van der Waals surface area contributed by atoms with Gasteiger partial charge in [0.1, 0.15) is 0 Å². The minimum atomic E-state index is -0.0768. The Morgan fingerprint density at radius 2 is 0.812 bits per heavy atom. The maximum Gasteiger partial charge on any atom is 0.193 e. The van der Waals surface area contributed by atoms with Crippen molar-refractivity contribution < 1.29 is 9.59 Å². The van der Waals surface area contributed by atoms with Crippen LogP contribution in [0.4, 0.5) is 0 Å². The van der Waals surface area contributed by atoms with Crippen LogP contribution in [0.3, 0.4) is 0 Å². The molecule has 0 saturated heterocycles. The molecule has 0 spiro atoms. The topological polar surface area (TPSA) is 34.1 Å². The van der Waals surface area contributed by atoms with E-state index >= 15 is 0 Å². The van der Waals surface area contributed by atoms with Gasteiger partial charge in [0.25, 0.3) is 0 Å². The van der Waals surface area contributed by atoms with Crippen molar-refractivity contribution in [2.24, 2.45) is 0 Å². The fourth-order valence-corrected chi connectivity index (χ4v) is 3.10. The van der Waals surface area contributed by atoms with Crippen LogP contribution >= 0.6 is 0 Å². The molecule has 0 bridgehead atoms. The van der Waals surface area contributed by atoms with Gasteiger partial charge in [-0.15, -0.1) is 0 Å². The molecule has 3 aromatic rings. The number of hydrogen-bond acceptors (Lipinski definition) is 2. The molecule has 0 aliphatic rings. The van der Waals surface area contributed by atoms with E-state index in [-0.39, 0.29) is 11.6 Å². The van der Waals surface area contributed by atoms with Crippen LogP contribution in [0.5, 0.6) is 0 Å². The third-order valence-electron chi connectivity index (χ3n) is 4.92. The van der Waals surface area contributed by atoms with Gasteiger partial charge in [0.15, 0.2) is 11.6 Å². The van der Waals surface area contributed by atoms with Crippen LogP contribution in [0.1, 0.15) is 82.5 Å². The largest absolute Gasteiger partial charge is 0.289 e. The molecule has 0 aromatic heterocycles. The van der Waals surface area contributed by atoms with Crippen molar-refractivity contribution in [3.63, 3.8) is 0 Å². The van der Waals surface area contributed by atoms with Crippen LogP contribution in [-0.4, -0.2) is 11.6 Å². The molecule has 0 N–H and O–H groups in total. The molecule has 2 heteroatoms. The molecule has 0 radical (unpaired) electrons. The fraction of sp³-hybridized carbons (Fsp3) is 0.200. The van der Waals surface area contributed by atoms with Gasteiger partial charge >= 0.3 is 0 Å². The summed E-state index contributed by atoms with van der Waals surface area (Å²) in [7, 11) is 0. The van der Waals surface area contributed by atoms with Gasteiger partial charge in [-0.25, -0.2) is 0 Å². The van der Waals surface area contributed by atoms with Crippen LogP contribution < -0.4 is 0 Å². The lowest BCUT2D eigenvalue weighted by Crippen LogP contribution is -2.04. The minimum absolute atomic E-state index is 0.0768. The molecule has 0 aliphatic carbocycles. The van der Waals surface area contributed by atoms with Gasteiger partial charge in [-0.3, -0.25) is 9.59 Å². The standard InChI is InChI=1S/C30H26O2/c1-3-5-7-9-23-11-15-25(16-12-23)29(31)27-19-21-28(22-20-27)30(32)26-17-13-24(14-18-26)10-8-6-4-2/h11-22H,3-6H2,1-2H3. The first-order valence-corrected chi connectivity index (χ1v) is 11.0. The second kappa shape index (κ2) is 11.5. The lowest BCUT2D eigenvalue weighted by molar-refractivity contribution is 0.102. The van der Waals surface area contributed by atoms with E-state index in [0.717, 1.165) is 36.8 Å². The Morgan fingerprint density at radius 1 is 0.531 bits per heavy atom. The van der Waals surface area contributed by atoms with Gasteiger partial charge in [0.2, 0.25) is 0 Å². The predicted molar refractivity (Wildman–Crippen MR) is 130 cm³/mol. The molecule has 3 rings (SSSR count). The maximum absolute atomic E-state index is 12.8. The number of carbonyl (C=O) groups excluding carboxylic acids is 2. The van der Waals surface area contributed by atoms with Crippen molar-refractivity contribution in [3.8, 4) is 23.7 Å². The van der Waals surface area contributed by atoms with Crippen molar-refractivity contribution in [2.45, 2.75) is 39.5 Å². The van der Waals surface area contributed by atoms with Crippen LogP contribution in [0.15, 0.2) is 72.8 Å². The first-order valence-electron chi connectivity index (χ1n) is 11.0. The second-order valence-corrected chi connectivity index (χ2v) is 7.49. The van der Waals surface area contributed by atoms with Crippen LogP contribution in [-0.2, 0) is 0 Å². The average Bonchev–Trinajstić information content (AvgIpc) is 2.84. The number of unbranched alkanes of at least 4 members (excludes halogenated alkanes) is 2. The lowest BCUT2D eigenvalue weighted by Gasteiger charge is -2.05. The number of rotatable bonds is 6. The van der Waals surface area contributed by atoms with E-state index in [9.17, 15) is 9.59 Å². The Labute approximate surface area is 190 Å². The van der Waals surface area contributed by atoms with Gasteiger partial charge in [-0.1, -0.05) is 61.8 Å². The SMILES string of the molecule is CCCC#Cc1ccc(C(=O)c2ccc(C(=O)c3ccc(C#CCCC)cc3)cc2)cc1. The molecule has 0 atom stereocenters. The Kier molecular flexibility index (Phi) is 8.19. The highest BCUT2D eigenvalue weighted by Crippen LogP contribution is 2.15. The highest BCUT2D eigenvalue weighted by Gasteiger charge is 2.12. The first-order chi connectivity index (χ1) is 15.6. The first kappa shape index (κ1) is 22.8. The highest BCUT2D eigenvalue weighted by atomic mass is 16.1. The van der Waals surface area contributed by atoms with Gasteiger partial charge in [-0.2, -0.15) is 0 Å². The van der Waals surface area contributed by atoms with E-state index in [1.807, 2.05) is 24.3 Å². The van der Waals surface area contributed by atoms with Crippen molar-refractivity contribution in [3.05, 3.63) is 106 Å². The zero-order chi connectivity index (χ0) is 22.8. The van der Waals surface area contributed by atoms with E-state index in [0.29, 0.717) is 22.3 Å². The Morgan fingerprint density at radius 3 is 1.09 bits per heavy atom. The molecule has 32 heavy (non-hydrogen) atoms. The molecule has 0 fully saturated rings. The summed E-state index contributed by atoms with van der Waals surface area (Å²) < 4.78 is 0. The molecule has 0 amide bonds. The molecule has 0 saturated carbocycles. The van der Waals surface area contributed by atoms with E-state index in [1.165, 1.54) is 0 Å². The fourth-order valence-electron chi connectivity index (χ4n) is 3.10. The van der Waals surface area contributed by atoms with Crippen molar-refractivity contribution >= 4 is 11.6 Å². The van der Waals surface area contributed by atoms with Crippen LogP contribution in [0.25, 0.3) is 0 Å². The predicted octanol–water partition coefficient (Wildman–Crippen LogP) is 6.45. The number of benzene rings is 3. The van der Waals surface area contributed by atoms with E-state index < -0.39 is 0 Å². The van der Waals surface area contributed by atoms with Crippen LogP contribution in [0.2, 0.25) is 0 Å². The lowest BCUT2D eigenvalue weighted by atomic mass is 9.98. The molecule has 0 unspecified atom stereocenters.